The molecule has 0 fully saturated rings. The molecule has 2 N–H and O–H groups in total. The first kappa shape index (κ1) is 13.4. The second-order valence-corrected chi connectivity index (χ2v) is 3.92. The minimum Gasteiger partial charge on any atom is -0.396 e. The summed E-state index contributed by atoms with van der Waals surface area (Å²) in [5.74, 6) is -0.490. The monoisotopic (exact) mass is 237 g/mol. The minimum atomic E-state index is -0.302. The van der Waals surface area contributed by atoms with Gasteiger partial charge in [-0.2, -0.15) is 0 Å². The molecule has 17 heavy (non-hydrogen) atoms. The zero-order valence-electron chi connectivity index (χ0n) is 9.69. The fourth-order valence-corrected chi connectivity index (χ4v) is 1.14. The van der Waals surface area contributed by atoms with Gasteiger partial charge in [0.1, 0.15) is 5.82 Å². The third-order valence-corrected chi connectivity index (χ3v) is 2.23. The van der Waals surface area contributed by atoms with Crippen LogP contribution in [0.1, 0.15) is 12.5 Å². The smallest absolute Gasteiger partial charge is 0.244 e. The van der Waals surface area contributed by atoms with Crippen molar-refractivity contribution in [2.45, 2.75) is 6.92 Å². The summed E-state index contributed by atoms with van der Waals surface area (Å²) in [6, 6.07) is 5.86. The van der Waals surface area contributed by atoms with Crippen LogP contribution in [-0.2, 0) is 4.79 Å². The number of rotatable bonds is 5. The molecule has 0 aliphatic heterocycles. The maximum absolute atomic E-state index is 12.6. The highest BCUT2D eigenvalue weighted by Crippen LogP contribution is 2.04. The van der Waals surface area contributed by atoms with Crippen LogP contribution < -0.4 is 5.32 Å². The molecule has 0 saturated heterocycles. The molecular formula is C13H16FNO2. The van der Waals surface area contributed by atoms with E-state index in [0.717, 1.165) is 5.56 Å². The number of amides is 1. The number of hydrogen-bond donors (Lipinski definition) is 2. The average molecular weight is 237 g/mol. The molecule has 0 aliphatic rings. The highest BCUT2D eigenvalue weighted by Gasteiger charge is 2.01. The Kier molecular flexibility index (Phi) is 5.36. The van der Waals surface area contributed by atoms with Crippen LogP contribution in [0.4, 0.5) is 4.39 Å². The Hall–Kier alpha value is -1.68. The van der Waals surface area contributed by atoms with E-state index in [2.05, 4.69) is 5.32 Å². The van der Waals surface area contributed by atoms with Crippen molar-refractivity contribution in [2.24, 2.45) is 5.92 Å². The second kappa shape index (κ2) is 6.81. The van der Waals surface area contributed by atoms with Gasteiger partial charge in [0.25, 0.3) is 0 Å². The third-order valence-electron chi connectivity index (χ3n) is 2.23. The lowest BCUT2D eigenvalue weighted by molar-refractivity contribution is -0.116. The molecule has 1 aromatic carbocycles. The molecule has 0 saturated carbocycles. The van der Waals surface area contributed by atoms with Crippen molar-refractivity contribution in [2.75, 3.05) is 13.2 Å². The molecule has 4 heteroatoms. The van der Waals surface area contributed by atoms with Crippen molar-refractivity contribution >= 4 is 12.0 Å². The summed E-state index contributed by atoms with van der Waals surface area (Å²) in [5, 5.41) is 11.4. The van der Waals surface area contributed by atoms with Gasteiger partial charge in [-0.15, -0.1) is 0 Å². The summed E-state index contributed by atoms with van der Waals surface area (Å²) in [5.41, 5.74) is 0.761. The van der Waals surface area contributed by atoms with Crippen LogP contribution in [0, 0.1) is 11.7 Å². The summed E-state index contributed by atoms with van der Waals surface area (Å²) in [7, 11) is 0. The molecule has 1 unspecified atom stereocenters. The molecule has 0 radical (unpaired) electrons. The SMILES string of the molecule is CC(CO)CNC(=O)C=Cc1ccc(F)cc1. The van der Waals surface area contributed by atoms with E-state index in [-0.39, 0.29) is 24.2 Å². The number of hydrogen-bond acceptors (Lipinski definition) is 2. The number of carbonyl (C=O) groups is 1. The molecule has 0 heterocycles. The van der Waals surface area contributed by atoms with Gasteiger partial charge in [0.2, 0.25) is 5.91 Å². The van der Waals surface area contributed by atoms with Crippen LogP contribution in [0.15, 0.2) is 30.3 Å². The first-order chi connectivity index (χ1) is 8.11. The molecule has 0 aromatic heterocycles. The number of nitrogens with one attached hydrogen (secondary N) is 1. The van der Waals surface area contributed by atoms with E-state index in [1.165, 1.54) is 18.2 Å². The number of halogens is 1. The summed E-state index contributed by atoms with van der Waals surface area (Å²) in [6.07, 6.45) is 3.00. The second-order valence-electron chi connectivity index (χ2n) is 3.92. The van der Waals surface area contributed by atoms with E-state index in [9.17, 15) is 9.18 Å². The fourth-order valence-electron chi connectivity index (χ4n) is 1.14. The Morgan fingerprint density at radius 1 is 1.47 bits per heavy atom. The van der Waals surface area contributed by atoms with E-state index in [0.29, 0.717) is 6.54 Å². The van der Waals surface area contributed by atoms with E-state index < -0.39 is 0 Å². The van der Waals surface area contributed by atoms with Crippen molar-refractivity contribution in [1.29, 1.82) is 0 Å². The van der Waals surface area contributed by atoms with E-state index in [1.807, 2.05) is 6.92 Å². The maximum Gasteiger partial charge on any atom is 0.244 e. The van der Waals surface area contributed by atoms with Crippen LogP contribution in [0.3, 0.4) is 0 Å². The van der Waals surface area contributed by atoms with Crippen molar-refractivity contribution in [3.8, 4) is 0 Å². The fraction of sp³-hybridized carbons (Fsp3) is 0.308. The topological polar surface area (TPSA) is 49.3 Å². The van der Waals surface area contributed by atoms with Gasteiger partial charge in [0.05, 0.1) is 0 Å². The Balaban J connectivity index is 2.42. The van der Waals surface area contributed by atoms with Crippen molar-refractivity contribution < 1.29 is 14.3 Å². The summed E-state index contributed by atoms with van der Waals surface area (Å²) < 4.78 is 12.6. The first-order valence-corrected chi connectivity index (χ1v) is 5.44. The lowest BCUT2D eigenvalue weighted by atomic mass is 10.2. The molecule has 1 amide bonds. The van der Waals surface area contributed by atoms with E-state index in [4.69, 9.17) is 5.11 Å². The number of carbonyl (C=O) groups excluding carboxylic acids is 1. The first-order valence-electron chi connectivity index (χ1n) is 5.44. The van der Waals surface area contributed by atoms with Crippen LogP contribution in [-0.4, -0.2) is 24.2 Å². The van der Waals surface area contributed by atoms with Gasteiger partial charge < -0.3 is 10.4 Å². The largest absolute Gasteiger partial charge is 0.396 e. The zero-order valence-corrected chi connectivity index (χ0v) is 9.69. The summed E-state index contributed by atoms with van der Waals surface area (Å²) in [4.78, 5) is 11.4. The molecule has 1 atom stereocenters. The lowest BCUT2D eigenvalue weighted by Gasteiger charge is -2.07. The van der Waals surface area contributed by atoms with Crippen molar-refractivity contribution in [3.05, 3.63) is 41.7 Å². The normalized spacial score (nSPS) is 12.6. The van der Waals surface area contributed by atoms with Gasteiger partial charge in [-0.05, 0) is 29.7 Å². The summed E-state index contributed by atoms with van der Waals surface area (Å²) >= 11 is 0. The number of aliphatic hydroxyl groups is 1. The summed E-state index contributed by atoms with van der Waals surface area (Å²) in [6.45, 7) is 2.31. The standard InChI is InChI=1S/C13H16FNO2/c1-10(9-16)8-15-13(17)7-4-11-2-5-12(14)6-3-11/h2-7,10,16H,8-9H2,1H3,(H,15,17). The zero-order chi connectivity index (χ0) is 12.7. The molecular weight excluding hydrogens is 221 g/mol. The molecule has 1 aromatic rings. The van der Waals surface area contributed by atoms with Crippen LogP contribution >= 0.6 is 0 Å². The van der Waals surface area contributed by atoms with Crippen LogP contribution in [0.25, 0.3) is 6.08 Å². The van der Waals surface area contributed by atoms with Gasteiger partial charge in [-0.25, -0.2) is 4.39 Å². The van der Waals surface area contributed by atoms with Crippen molar-refractivity contribution in [1.82, 2.24) is 5.32 Å². The van der Waals surface area contributed by atoms with Gasteiger partial charge in [-0.3, -0.25) is 4.79 Å². The van der Waals surface area contributed by atoms with Crippen LogP contribution in [0.2, 0.25) is 0 Å². The number of aliphatic hydroxyl groups excluding tert-OH is 1. The van der Waals surface area contributed by atoms with E-state index in [1.54, 1.807) is 18.2 Å². The molecule has 1 rings (SSSR count). The highest BCUT2D eigenvalue weighted by atomic mass is 19.1. The Labute approximate surface area is 100.0 Å². The molecule has 0 bridgehead atoms. The number of benzene rings is 1. The Morgan fingerprint density at radius 2 is 2.12 bits per heavy atom. The van der Waals surface area contributed by atoms with Crippen molar-refractivity contribution in [3.63, 3.8) is 0 Å². The third kappa shape index (κ3) is 5.26. The Bertz CT molecular complexity index is 387. The molecule has 3 nitrogen and oxygen atoms in total. The predicted octanol–water partition coefficient (Wildman–Crippen LogP) is 1.58. The predicted molar refractivity (Wildman–Crippen MR) is 64.7 cm³/mol. The van der Waals surface area contributed by atoms with Gasteiger partial charge >= 0.3 is 0 Å². The lowest BCUT2D eigenvalue weighted by Crippen LogP contribution is -2.27. The molecule has 92 valence electrons. The highest BCUT2D eigenvalue weighted by molar-refractivity contribution is 5.91. The van der Waals surface area contributed by atoms with Gasteiger partial charge in [0, 0.05) is 19.2 Å². The average Bonchev–Trinajstić information content (AvgIpc) is 2.35. The van der Waals surface area contributed by atoms with E-state index >= 15 is 0 Å². The maximum atomic E-state index is 12.6. The quantitative estimate of drug-likeness (QED) is 0.764. The van der Waals surface area contributed by atoms with Gasteiger partial charge in [0.15, 0.2) is 0 Å². The Morgan fingerprint density at radius 3 is 2.71 bits per heavy atom. The molecule has 0 spiro atoms. The molecule has 0 aliphatic carbocycles. The minimum absolute atomic E-state index is 0.0400. The van der Waals surface area contributed by atoms with Crippen LogP contribution in [0.5, 0.6) is 0 Å². The van der Waals surface area contributed by atoms with Gasteiger partial charge in [-0.1, -0.05) is 19.1 Å².